The first-order valence-corrected chi connectivity index (χ1v) is 6.46. The molecular weight excluding hydrogens is 227 g/mol. The van der Waals surface area contributed by atoms with E-state index in [1.807, 2.05) is 0 Å². The van der Waals surface area contributed by atoms with Gasteiger partial charge in [0.15, 0.2) is 0 Å². The molecule has 0 aliphatic heterocycles. The standard InChI is InChI=1S/C11H13O4P/c1-14-10-4-6-11(7-5-10)16(13,15-2)9-3-8-12/h3-7H,9H2,1-2H3. The number of hydrogen-bond donors (Lipinski definition) is 0. The molecule has 0 aliphatic rings. The number of methoxy groups -OCH3 is 1. The van der Waals surface area contributed by atoms with E-state index in [1.165, 1.54) is 13.2 Å². The number of allylic oxidation sites excluding steroid dienone is 1. The summed E-state index contributed by atoms with van der Waals surface area (Å²) < 4.78 is 22.3. The quantitative estimate of drug-likeness (QED) is 0.579. The highest BCUT2D eigenvalue weighted by Crippen LogP contribution is 2.44. The van der Waals surface area contributed by atoms with Crippen LogP contribution >= 0.6 is 7.37 Å². The van der Waals surface area contributed by atoms with Crippen LogP contribution in [0.5, 0.6) is 5.75 Å². The van der Waals surface area contributed by atoms with E-state index < -0.39 is 7.37 Å². The molecule has 4 nitrogen and oxygen atoms in total. The van der Waals surface area contributed by atoms with Gasteiger partial charge in [0.25, 0.3) is 0 Å². The minimum atomic E-state index is -2.97. The summed E-state index contributed by atoms with van der Waals surface area (Å²) in [7, 11) is -0.0527. The van der Waals surface area contributed by atoms with Crippen molar-refractivity contribution < 1.29 is 18.6 Å². The highest BCUT2D eigenvalue weighted by atomic mass is 31.2. The van der Waals surface area contributed by atoms with Gasteiger partial charge in [0.2, 0.25) is 7.37 Å². The molecule has 0 amide bonds. The van der Waals surface area contributed by atoms with Crippen LogP contribution in [0.3, 0.4) is 0 Å². The van der Waals surface area contributed by atoms with E-state index in [2.05, 4.69) is 0 Å². The lowest BCUT2D eigenvalue weighted by atomic mass is 10.3. The third kappa shape index (κ3) is 2.83. The first kappa shape index (κ1) is 12.7. The van der Waals surface area contributed by atoms with Gasteiger partial charge in [-0.3, -0.25) is 4.57 Å². The number of rotatable bonds is 5. The van der Waals surface area contributed by atoms with Gasteiger partial charge in [0, 0.05) is 18.5 Å². The van der Waals surface area contributed by atoms with Gasteiger partial charge in [0.05, 0.1) is 13.3 Å². The molecule has 0 fully saturated rings. The van der Waals surface area contributed by atoms with Crippen LogP contribution in [0.1, 0.15) is 0 Å². The van der Waals surface area contributed by atoms with Crippen molar-refractivity contribution in [2.75, 3.05) is 20.4 Å². The predicted octanol–water partition coefficient (Wildman–Crippen LogP) is 1.63. The van der Waals surface area contributed by atoms with Crippen LogP contribution in [0, 0.1) is 0 Å². The van der Waals surface area contributed by atoms with E-state index >= 15 is 0 Å². The zero-order valence-corrected chi connectivity index (χ0v) is 10.1. The minimum Gasteiger partial charge on any atom is -0.497 e. The summed E-state index contributed by atoms with van der Waals surface area (Å²) in [6, 6.07) is 6.74. The second-order valence-corrected chi connectivity index (χ2v) is 5.65. The Morgan fingerprint density at radius 2 is 1.94 bits per heavy atom. The van der Waals surface area contributed by atoms with Crippen LogP contribution < -0.4 is 10.0 Å². The normalized spacial score (nSPS) is 13.6. The average molecular weight is 240 g/mol. The van der Waals surface area contributed by atoms with Crippen LogP contribution in [0.2, 0.25) is 0 Å². The molecular formula is C11H13O4P. The maximum atomic E-state index is 12.3. The maximum absolute atomic E-state index is 12.3. The van der Waals surface area contributed by atoms with E-state index in [-0.39, 0.29) is 6.16 Å². The van der Waals surface area contributed by atoms with E-state index in [1.54, 1.807) is 37.3 Å². The van der Waals surface area contributed by atoms with Crippen molar-refractivity contribution in [1.29, 1.82) is 0 Å². The first-order chi connectivity index (χ1) is 7.66. The Balaban J connectivity index is 3.02. The number of carbonyl (C=O) groups excluding carboxylic acids is 1. The molecule has 1 rings (SSSR count). The fourth-order valence-corrected chi connectivity index (χ4v) is 2.74. The number of hydrogen-bond acceptors (Lipinski definition) is 4. The van der Waals surface area contributed by atoms with Gasteiger partial charge in [-0.05, 0) is 24.3 Å². The Morgan fingerprint density at radius 1 is 1.31 bits per heavy atom. The zero-order chi connectivity index (χ0) is 12.0. The molecule has 0 bridgehead atoms. The predicted molar refractivity (Wildman–Crippen MR) is 62.4 cm³/mol. The molecule has 1 unspecified atom stereocenters. The van der Waals surface area contributed by atoms with Crippen molar-refractivity contribution in [3.05, 3.63) is 30.3 Å². The Labute approximate surface area is 94.3 Å². The summed E-state index contributed by atoms with van der Waals surface area (Å²) in [6.07, 6.45) is 1.23. The summed E-state index contributed by atoms with van der Waals surface area (Å²) in [5.74, 6) is 2.28. The lowest BCUT2D eigenvalue weighted by Crippen LogP contribution is -2.08. The van der Waals surface area contributed by atoms with Crippen molar-refractivity contribution in [3.8, 4) is 5.75 Å². The number of benzene rings is 1. The molecule has 86 valence electrons. The fourth-order valence-electron chi connectivity index (χ4n) is 1.25. The average Bonchev–Trinajstić information content (AvgIpc) is 2.36. The van der Waals surface area contributed by atoms with Gasteiger partial charge in [-0.2, -0.15) is 0 Å². The van der Waals surface area contributed by atoms with Gasteiger partial charge in [0.1, 0.15) is 11.7 Å². The molecule has 0 radical (unpaired) electrons. The SMILES string of the molecule is COc1ccc(P(=O)(CC=C=O)OC)cc1. The number of ether oxygens (including phenoxy) is 1. The zero-order valence-electron chi connectivity index (χ0n) is 9.17. The summed E-state index contributed by atoms with van der Waals surface area (Å²) in [6.45, 7) is 0. The summed E-state index contributed by atoms with van der Waals surface area (Å²) >= 11 is 0. The van der Waals surface area contributed by atoms with Crippen LogP contribution in [-0.2, 0) is 13.9 Å². The van der Waals surface area contributed by atoms with Gasteiger partial charge >= 0.3 is 0 Å². The fraction of sp³-hybridized carbons (Fsp3) is 0.273. The maximum Gasteiger partial charge on any atom is 0.236 e. The molecule has 16 heavy (non-hydrogen) atoms. The van der Waals surface area contributed by atoms with Crippen molar-refractivity contribution >= 4 is 18.6 Å². The van der Waals surface area contributed by atoms with Crippen molar-refractivity contribution in [2.45, 2.75) is 0 Å². The van der Waals surface area contributed by atoms with Crippen LogP contribution in [-0.4, -0.2) is 26.3 Å². The lowest BCUT2D eigenvalue weighted by Gasteiger charge is -2.14. The summed E-state index contributed by atoms with van der Waals surface area (Å²) in [4.78, 5) is 10.1. The monoisotopic (exact) mass is 240 g/mol. The minimum absolute atomic E-state index is 0.0549. The largest absolute Gasteiger partial charge is 0.497 e. The Hall–Kier alpha value is -1.34. The van der Waals surface area contributed by atoms with Crippen LogP contribution in [0.4, 0.5) is 0 Å². The molecule has 0 spiro atoms. The molecule has 5 heteroatoms. The molecule has 0 N–H and O–H groups in total. The van der Waals surface area contributed by atoms with Gasteiger partial charge < -0.3 is 9.26 Å². The van der Waals surface area contributed by atoms with Crippen molar-refractivity contribution in [3.63, 3.8) is 0 Å². The van der Waals surface area contributed by atoms with E-state index in [0.29, 0.717) is 11.1 Å². The van der Waals surface area contributed by atoms with Gasteiger partial charge in [-0.1, -0.05) is 0 Å². The Kier molecular flexibility index (Phi) is 4.51. The van der Waals surface area contributed by atoms with Crippen LogP contribution in [0.25, 0.3) is 0 Å². The summed E-state index contributed by atoms with van der Waals surface area (Å²) in [5, 5.41) is 0.558. The topological polar surface area (TPSA) is 52.6 Å². The van der Waals surface area contributed by atoms with E-state index in [0.717, 1.165) is 0 Å². The van der Waals surface area contributed by atoms with Crippen molar-refractivity contribution in [1.82, 2.24) is 0 Å². The molecule has 0 aliphatic carbocycles. The molecule has 0 aromatic heterocycles. The molecule has 1 aromatic carbocycles. The molecule has 0 saturated carbocycles. The van der Waals surface area contributed by atoms with E-state index in [9.17, 15) is 9.36 Å². The molecule has 1 atom stereocenters. The second-order valence-electron chi connectivity index (χ2n) is 3.06. The summed E-state index contributed by atoms with van der Waals surface area (Å²) in [5.41, 5.74) is 0. The van der Waals surface area contributed by atoms with Gasteiger partial charge in [-0.15, -0.1) is 0 Å². The Morgan fingerprint density at radius 3 is 2.38 bits per heavy atom. The van der Waals surface area contributed by atoms with E-state index in [4.69, 9.17) is 9.26 Å². The van der Waals surface area contributed by atoms with Crippen LogP contribution in [0.15, 0.2) is 30.3 Å². The van der Waals surface area contributed by atoms with Gasteiger partial charge in [-0.25, -0.2) is 4.79 Å². The second kappa shape index (κ2) is 5.66. The lowest BCUT2D eigenvalue weighted by molar-refractivity contribution is 0.405. The highest BCUT2D eigenvalue weighted by Gasteiger charge is 2.22. The molecule has 1 aromatic rings. The smallest absolute Gasteiger partial charge is 0.236 e. The highest BCUT2D eigenvalue weighted by molar-refractivity contribution is 7.67. The first-order valence-electron chi connectivity index (χ1n) is 4.65. The van der Waals surface area contributed by atoms with Crippen molar-refractivity contribution in [2.24, 2.45) is 0 Å². The molecule has 0 saturated heterocycles. The molecule has 0 heterocycles. The third-order valence-corrected chi connectivity index (χ3v) is 4.51. The third-order valence-electron chi connectivity index (χ3n) is 2.18. The Bertz CT molecular complexity index is 432.